The summed E-state index contributed by atoms with van der Waals surface area (Å²) in [6, 6.07) is 23.7. The summed E-state index contributed by atoms with van der Waals surface area (Å²) in [5.74, 6) is 1.03. The average Bonchev–Trinajstić information content (AvgIpc) is 3.29. The van der Waals surface area contributed by atoms with Gasteiger partial charge in [-0.25, -0.2) is 8.42 Å². The molecule has 0 aliphatic rings. The summed E-state index contributed by atoms with van der Waals surface area (Å²) >= 11 is 0. The lowest BCUT2D eigenvalue weighted by molar-refractivity contribution is 0.414. The SMILES string of the molecule is COc1ccc(S(=O)(=O)N[C@H](c2ccccc2)c2nnc(-c3ccccc3)o2)cc1. The summed E-state index contributed by atoms with van der Waals surface area (Å²) in [4.78, 5) is 0.104. The van der Waals surface area contributed by atoms with Crippen LogP contribution >= 0.6 is 0 Å². The van der Waals surface area contributed by atoms with Crippen LogP contribution in [0.15, 0.2) is 94.2 Å². The van der Waals surface area contributed by atoms with E-state index in [1.165, 1.54) is 19.2 Å². The fraction of sp³-hybridized carbons (Fsp3) is 0.0909. The Kier molecular flexibility index (Phi) is 5.60. The molecule has 0 unspecified atom stereocenters. The van der Waals surface area contributed by atoms with Crippen LogP contribution in [0.5, 0.6) is 5.75 Å². The maximum Gasteiger partial charge on any atom is 0.247 e. The van der Waals surface area contributed by atoms with E-state index in [1.54, 1.807) is 24.3 Å². The molecule has 1 heterocycles. The van der Waals surface area contributed by atoms with E-state index in [0.29, 0.717) is 17.2 Å². The maximum absolute atomic E-state index is 13.0. The number of rotatable bonds is 7. The molecule has 0 aliphatic heterocycles. The normalized spacial score (nSPS) is 12.4. The molecular formula is C22H19N3O4S. The van der Waals surface area contributed by atoms with Crippen molar-refractivity contribution < 1.29 is 17.6 Å². The fourth-order valence-electron chi connectivity index (χ4n) is 2.93. The predicted octanol–water partition coefficient (Wildman–Crippen LogP) is 3.81. The van der Waals surface area contributed by atoms with Crippen LogP contribution in [-0.2, 0) is 10.0 Å². The summed E-state index contributed by atoms with van der Waals surface area (Å²) < 4.78 is 39.7. The van der Waals surface area contributed by atoms with Crippen molar-refractivity contribution in [1.82, 2.24) is 14.9 Å². The third-order valence-electron chi connectivity index (χ3n) is 4.48. The van der Waals surface area contributed by atoms with Gasteiger partial charge in [0.25, 0.3) is 0 Å². The van der Waals surface area contributed by atoms with Crippen molar-refractivity contribution in [1.29, 1.82) is 0 Å². The van der Waals surface area contributed by atoms with Gasteiger partial charge >= 0.3 is 0 Å². The summed E-state index contributed by atoms with van der Waals surface area (Å²) in [5.41, 5.74) is 1.43. The quantitative estimate of drug-likeness (QED) is 0.488. The minimum Gasteiger partial charge on any atom is -0.497 e. The van der Waals surface area contributed by atoms with Gasteiger partial charge in [0.15, 0.2) is 0 Å². The molecule has 1 atom stereocenters. The average molecular weight is 421 g/mol. The van der Waals surface area contributed by atoms with Gasteiger partial charge in [0, 0.05) is 5.56 Å². The maximum atomic E-state index is 13.0. The molecule has 0 aliphatic carbocycles. The molecule has 0 amide bonds. The highest BCUT2D eigenvalue weighted by Gasteiger charge is 2.27. The molecule has 8 heteroatoms. The number of nitrogens with zero attached hydrogens (tertiary/aromatic N) is 2. The van der Waals surface area contributed by atoms with E-state index in [2.05, 4.69) is 14.9 Å². The van der Waals surface area contributed by atoms with E-state index in [-0.39, 0.29) is 10.8 Å². The highest BCUT2D eigenvalue weighted by atomic mass is 32.2. The van der Waals surface area contributed by atoms with Gasteiger partial charge in [-0.15, -0.1) is 10.2 Å². The van der Waals surface area contributed by atoms with Crippen molar-refractivity contribution in [3.63, 3.8) is 0 Å². The van der Waals surface area contributed by atoms with Gasteiger partial charge in [-0.05, 0) is 42.0 Å². The fourth-order valence-corrected chi connectivity index (χ4v) is 4.11. The lowest BCUT2D eigenvalue weighted by Crippen LogP contribution is -2.29. The molecule has 7 nitrogen and oxygen atoms in total. The van der Waals surface area contributed by atoms with Crippen molar-refractivity contribution in [3.8, 4) is 17.2 Å². The standard InChI is InChI=1S/C22H19N3O4S/c1-28-18-12-14-19(15-13-18)30(26,27)25-20(16-8-4-2-5-9-16)22-24-23-21(29-22)17-10-6-3-7-11-17/h2-15,20,25H,1H3/t20-/m1/s1. The Hall–Kier alpha value is -3.49. The third-order valence-corrected chi connectivity index (χ3v) is 5.92. The lowest BCUT2D eigenvalue weighted by Gasteiger charge is -2.16. The van der Waals surface area contributed by atoms with E-state index < -0.39 is 16.1 Å². The Balaban J connectivity index is 1.70. The molecule has 0 spiro atoms. The largest absolute Gasteiger partial charge is 0.497 e. The second kappa shape index (κ2) is 8.48. The van der Waals surface area contributed by atoms with Crippen LogP contribution in [0.2, 0.25) is 0 Å². The first-order valence-corrected chi connectivity index (χ1v) is 10.7. The molecule has 3 aromatic carbocycles. The van der Waals surface area contributed by atoms with E-state index in [4.69, 9.17) is 9.15 Å². The zero-order chi connectivity index (χ0) is 21.0. The number of hydrogen-bond donors (Lipinski definition) is 1. The van der Waals surface area contributed by atoms with Crippen LogP contribution in [0.1, 0.15) is 17.5 Å². The molecule has 1 aromatic heterocycles. The van der Waals surface area contributed by atoms with Gasteiger partial charge in [-0.2, -0.15) is 4.72 Å². The predicted molar refractivity (Wildman–Crippen MR) is 111 cm³/mol. The Labute approximate surface area is 174 Å². The number of aromatic nitrogens is 2. The summed E-state index contributed by atoms with van der Waals surface area (Å²) in [6.07, 6.45) is 0. The molecule has 30 heavy (non-hydrogen) atoms. The molecule has 4 aromatic rings. The zero-order valence-corrected chi connectivity index (χ0v) is 16.9. The number of nitrogens with one attached hydrogen (secondary N) is 1. The first-order chi connectivity index (χ1) is 14.6. The van der Waals surface area contributed by atoms with Crippen LogP contribution in [0.4, 0.5) is 0 Å². The van der Waals surface area contributed by atoms with Crippen molar-refractivity contribution in [3.05, 3.63) is 96.4 Å². The van der Waals surface area contributed by atoms with Gasteiger partial charge in [-0.3, -0.25) is 0 Å². The van der Waals surface area contributed by atoms with Gasteiger partial charge in [-0.1, -0.05) is 48.5 Å². The van der Waals surface area contributed by atoms with Crippen LogP contribution in [0, 0.1) is 0 Å². The number of ether oxygens (including phenoxy) is 1. The third kappa shape index (κ3) is 4.24. The summed E-state index contributed by atoms with van der Waals surface area (Å²) in [5, 5.41) is 8.20. The topological polar surface area (TPSA) is 94.3 Å². The lowest BCUT2D eigenvalue weighted by atomic mass is 10.1. The number of methoxy groups -OCH3 is 1. The monoisotopic (exact) mass is 421 g/mol. The molecular weight excluding hydrogens is 402 g/mol. The molecule has 1 N–H and O–H groups in total. The molecule has 0 bridgehead atoms. The number of benzene rings is 3. The first-order valence-electron chi connectivity index (χ1n) is 9.17. The molecule has 0 saturated heterocycles. The minimum atomic E-state index is -3.87. The van der Waals surface area contributed by atoms with Crippen molar-refractivity contribution in [2.75, 3.05) is 7.11 Å². The van der Waals surface area contributed by atoms with E-state index >= 15 is 0 Å². The Morgan fingerprint density at radius 1 is 0.867 bits per heavy atom. The highest BCUT2D eigenvalue weighted by molar-refractivity contribution is 7.89. The van der Waals surface area contributed by atoms with Gasteiger partial charge in [0.2, 0.25) is 21.8 Å². The molecule has 0 saturated carbocycles. The molecule has 4 rings (SSSR count). The molecule has 152 valence electrons. The number of hydrogen-bond acceptors (Lipinski definition) is 6. The second-order valence-corrected chi connectivity index (χ2v) is 8.17. The zero-order valence-electron chi connectivity index (χ0n) is 16.1. The van der Waals surface area contributed by atoms with E-state index in [9.17, 15) is 8.42 Å². The summed E-state index contributed by atoms with van der Waals surface area (Å²) in [6.45, 7) is 0. The van der Waals surface area contributed by atoms with E-state index in [1.807, 2.05) is 48.5 Å². The van der Waals surface area contributed by atoms with Crippen molar-refractivity contribution in [2.45, 2.75) is 10.9 Å². The summed E-state index contributed by atoms with van der Waals surface area (Å²) in [7, 11) is -2.35. The molecule has 0 radical (unpaired) electrons. The molecule has 0 fully saturated rings. The Bertz CT molecular complexity index is 1210. The van der Waals surface area contributed by atoms with Crippen LogP contribution < -0.4 is 9.46 Å². The minimum absolute atomic E-state index is 0.104. The highest BCUT2D eigenvalue weighted by Crippen LogP contribution is 2.27. The van der Waals surface area contributed by atoms with E-state index in [0.717, 1.165) is 5.56 Å². The number of sulfonamides is 1. The smallest absolute Gasteiger partial charge is 0.247 e. The van der Waals surface area contributed by atoms with Crippen molar-refractivity contribution >= 4 is 10.0 Å². The van der Waals surface area contributed by atoms with Gasteiger partial charge in [0.1, 0.15) is 11.8 Å². The van der Waals surface area contributed by atoms with Gasteiger partial charge < -0.3 is 9.15 Å². The Morgan fingerprint density at radius 2 is 1.50 bits per heavy atom. The van der Waals surface area contributed by atoms with Crippen LogP contribution in [0.3, 0.4) is 0 Å². The first kappa shape index (κ1) is 19.8. The second-order valence-electron chi connectivity index (χ2n) is 6.45. The Morgan fingerprint density at radius 3 is 2.13 bits per heavy atom. The van der Waals surface area contributed by atoms with Crippen LogP contribution in [0.25, 0.3) is 11.5 Å². The van der Waals surface area contributed by atoms with Gasteiger partial charge in [0.05, 0.1) is 12.0 Å². The van der Waals surface area contributed by atoms with Crippen LogP contribution in [-0.4, -0.2) is 25.7 Å². The van der Waals surface area contributed by atoms with Crippen molar-refractivity contribution in [2.24, 2.45) is 0 Å².